The van der Waals surface area contributed by atoms with Crippen molar-refractivity contribution < 1.29 is 4.39 Å². The average Bonchev–Trinajstić information content (AvgIpc) is 3.43. The van der Waals surface area contributed by atoms with Crippen LogP contribution in [0.3, 0.4) is 0 Å². The van der Waals surface area contributed by atoms with E-state index in [9.17, 15) is 4.39 Å². The lowest BCUT2D eigenvalue weighted by molar-refractivity contribution is 0.562. The third kappa shape index (κ3) is 3.12. The maximum absolute atomic E-state index is 13.6. The molecule has 0 amide bonds. The lowest BCUT2D eigenvalue weighted by Gasteiger charge is -2.28. The minimum atomic E-state index is -0.253. The molecule has 1 saturated heterocycles. The lowest BCUT2D eigenvalue weighted by atomic mass is 9.96. The average molecular weight is 407 g/mol. The van der Waals surface area contributed by atoms with Gasteiger partial charge in [-0.3, -0.25) is 4.98 Å². The third-order valence-electron chi connectivity index (χ3n) is 5.96. The maximum Gasteiger partial charge on any atom is 0.174 e. The molecule has 148 valence electrons. The van der Waals surface area contributed by atoms with Crippen molar-refractivity contribution in [3.05, 3.63) is 83.2 Å². The van der Waals surface area contributed by atoms with Crippen LogP contribution < -0.4 is 10.2 Å². The summed E-state index contributed by atoms with van der Waals surface area (Å²) in [5, 5.41) is 4.11. The number of hydrogen-bond acceptors (Lipinski definition) is 2. The summed E-state index contributed by atoms with van der Waals surface area (Å²) in [6.45, 7) is 4.37. The van der Waals surface area contributed by atoms with E-state index in [0.29, 0.717) is 11.2 Å². The third-order valence-corrected chi connectivity index (χ3v) is 6.27. The fourth-order valence-electron chi connectivity index (χ4n) is 4.55. The highest BCUT2D eigenvalue weighted by atomic mass is 32.1. The predicted molar refractivity (Wildman–Crippen MR) is 117 cm³/mol. The van der Waals surface area contributed by atoms with Gasteiger partial charge in [-0.05, 0) is 86.9 Å². The summed E-state index contributed by atoms with van der Waals surface area (Å²) in [7, 11) is 0. The molecule has 0 radical (unpaired) electrons. The SMILES string of the molecule is Cc1cc([C@H]2[C@H](c3ccccn3)NC(=S)N2c2ccc(F)cc2)c(C)n1C1CC1. The quantitative estimate of drug-likeness (QED) is 0.608. The van der Waals surface area contributed by atoms with Crippen LogP contribution in [0.25, 0.3) is 0 Å². The summed E-state index contributed by atoms with van der Waals surface area (Å²) in [5.41, 5.74) is 5.61. The Morgan fingerprint density at radius 2 is 1.86 bits per heavy atom. The molecule has 2 aromatic heterocycles. The molecule has 1 aliphatic heterocycles. The van der Waals surface area contributed by atoms with Gasteiger partial charge >= 0.3 is 0 Å². The second-order valence-corrected chi connectivity index (χ2v) is 8.29. The van der Waals surface area contributed by atoms with Gasteiger partial charge < -0.3 is 14.8 Å². The van der Waals surface area contributed by atoms with E-state index in [1.807, 2.05) is 24.4 Å². The zero-order chi connectivity index (χ0) is 20.1. The molecule has 0 bridgehead atoms. The first-order valence-corrected chi connectivity index (χ1v) is 10.4. The highest BCUT2D eigenvalue weighted by Gasteiger charge is 2.42. The molecule has 1 aromatic carbocycles. The molecule has 0 unspecified atom stereocenters. The number of pyridine rings is 1. The van der Waals surface area contributed by atoms with Gasteiger partial charge in [0.25, 0.3) is 0 Å². The highest BCUT2D eigenvalue weighted by Crippen LogP contribution is 2.46. The molecule has 0 spiro atoms. The number of nitrogens with one attached hydrogen (secondary N) is 1. The summed E-state index contributed by atoms with van der Waals surface area (Å²) >= 11 is 5.74. The molecule has 29 heavy (non-hydrogen) atoms. The second-order valence-electron chi connectivity index (χ2n) is 7.90. The standard InChI is InChI=1S/C23H23FN4S/c1-14-13-19(15(2)27(14)17-10-11-17)22-21(20-5-3-4-12-25-20)26-23(29)28(22)18-8-6-16(24)7-9-18/h3-9,12-13,17,21-22H,10-11H2,1-2H3,(H,26,29)/t21-,22-/m0/s1. The largest absolute Gasteiger partial charge is 0.351 e. The summed E-state index contributed by atoms with van der Waals surface area (Å²) in [6.07, 6.45) is 4.29. The molecule has 3 heterocycles. The number of benzene rings is 1. The molecule has 1 aliphatic carbocycles. The van der Waals surface area contributed by atoms with Gasteiger partial charge in [0.2, 0.25) is 0 Å². The van der Waals surface area contributed by atoms with Crippen LogP contribution in [-0.4, -0.2) is 14.7 Å². The van der Waals surface area contributed by atoms with Gasteiger partial charge in [-0.2, -0.15) is 0 Å². The maximum atomic E-state index is 13.6. The van der Waals surface area contributed by atoms with E-state index in [-0.39, 0.29) is 17.9 Å². The van der Waals surface area contributed by atoms with Crippen LogP contribution >= 0.6 is 12.2 Å². The van der Waals surface area contributed by atoms with Crippen molar-refractivity contribution in [2.75, 3.05) is 4.90 Å². The number of anilines is 1. The van der Waals surface area contributed by atoms with Gasteiger partial charge in [-0.15, -0.1) is 0 Å². The molecule has 4 nitrogen and oxygen atoms in total. The molecular formula is C23H23FN4S. The number of aryl methyl sites for hydroxylation is 1. The van der Waals surface area contributed by atoms with Crippen molar-refractivity contribution in [1.29, 1.82) is 0 Å². The monoisotopic (exact) mass is 406 g/mol. The number of thiocarbonyl (C=S) groups is 1. The highest BCUT2D eigenvalue weighted by molar-refractivity contribution is 7.80. The molecule has 3 aromatic rings. The molecule has 2 fully saturated rings. The van der Waals surface area contributed by atoms with Crippen molar-refractivity contribution in [3.8, 4) is 0 Å². The molecular weight excluding hydrogens is 383 g/mol. The first-order valence-electron chi connectivity index (χ1n) is 9.99. The van der Waals surface area contributed by atoms with Crippen molar-refractivity contribution in [2.45, 2.75) is 44.8 Å². The van der Waals surface area contributed by atoms with Crippen LogP contribution in [0.1, 0.15) is 53.6 Å². The molecule has 1 saturated carbocycles. The van der Waals surface area contributed by atoms with E-state index < -0.39 is 0 Å². The number of aromatic nitrogens is 2. The van der Waals surface area contributed by atoms with E-state index in [1.54, 1.807) is 12.1 Å². The van der Waals surface area contributed by atoms with E-state index >= 15 is 0 Å². The van der Waals surface area contributed by atoms with Gasteiger partial charge in [-0.1, -0.05) is 6.07 Å². The Balaban J connectivity index is 1.66. The van der Waals surface area contributed by atoms with Crippen LogP contribution in [0.2, 0.25) is 0 Å². The summed E-state index contributed by atoms with van der Waals surface area (Å²) < 4.78 is 16.0. The number of hydrogen-bond donors (Lipinski definition) is 1. The van der Waals surface area contributed by atoms with E-state index in [2.05, 4.69) is 39.7 Å². The van der Waals surface area contributed by atoms with E-state index in [4.69, 9.17) is 12.2 Å². The van der Waals surface area contributed by atoms with Crippen LogP contribution in [-0.2, 0) is 0 Å². The van der Waals surface area contributed by atoms with Crippen molar-refractivity contribution in [3.63, 3.8) is 0 Å². The van der Waals surface area contributed by atoms with Crippen LogP contribution in [0.15, 0.2) is 54.7 Å². The van der Waals surface area contributed by atoms with Crippen molar-refractivity contribution in [1.82, 2.24) is 14.9 Å². The molecule has 2 atom stereocenters. The minimum absolute atomic E-state index is 0.0541. The Hall–Kier alpha value is -2.73. The first kappa shape index (κ1) is 18.3. The smallest absolute Gasteiger partial charge is 0.174 e. The van der Waals surface area contributed by atoms with Crippen LogP contribution in [0, 0.1) is 19.7 Å². The Bertz CT molecular complexity index is 1060. The van der Waals surface area contributed by atoms with Crippen molar-refractivity contribution in [2.24, 2.45) is 0 Å². The van der Waals surface area contributed by atoms with Crippen molar-refractivity contribution >= 4 is 23.0 Å². The van der Waals surface area contributed by atoms with Gasteiger partial charge in [0.15, 0.2) is 5.11 Å². The van der Waals surface area contributed by atoms with Gasteiger partial charge in [0.1, 0.15) is 5.82 Å². The fraction of sp³-hybridized carbons (Fsp3) is 0.304. The van der Waals surface area contributed by atoms with Gasteiger partial charge in [0.05, 0.1) is 17.8 Å². The Kier molecular flexibility index (Phi) is 4.39. The Morgan fingerprint density at radius 1 is 1.10 bits per heavy atom. The normalized spacial score (nSPS) is 21.5. The van der Waals surface area contributed by atoms with Crippen LogP contribution in [0.4, 0.5) is 10.1 Å². The summed E-state index contributed by atoms with van der Waals surface area (Å²) in [4.78, 5) is 6.71. The molecule has 5 rings (SSSR count). The topological polar surface area (TPSA) is 33.1 Å². The van der Waals surface area contributed by atoms with Crippen LogP contribution in [0.5, 0.6) is 0 Å². The van der Waals surface area contributed by atoms with Gasteiger partial charge in [0, 0.05) is 29.3 Å². The predicted octanol–water partition coefficient (Wildman–Crippen LogP) is 5.15. The van der Waals surface area contributed by atoms with E-state index in [0.717, 1.165) is 11.4 Å². The Labute approximate surface area is 175 Å². The molecule has 6 heteroatoms. The first-order chi connectivity index (χ1) is 14.0. The van der Waals surface area contributed by atoms with E-state index in [1.165, 1.54) is 41.9 Å². The zero-order valence-corrected chi connectivity index (χ0v) is 17.3. The summed E-state index contributed by atoms with van der Waals surface area (Å²) in [5.74, 6) is -0.253. The second kappa shape index (κ2) is 6.95. The molecule has 1 N–H and O–H groups in total. The number of halogens is 1. The number of rotatable bonds is 4. The molecule has 2 aliphatic rings. The zero-order valence-electron chi connectivity index (χ0n) is 16.5. The fourth-order valence-corrected chi connectivity index (χ4v) is 4.89. The lowest BCUT2D eigenvalue weighted by Crippen LogP contribution is -2.29. The summed E-state index contributed by atoms with van der Waals surface area (Å²) in [6, 6.07) is 15.2. The van der Waals surface area contributed by atoms with Gasteiger partial charge in [-0.25, -0.2) is 4.39 Å². The number of nitrogens with zero attached hydrogens (tertiary/aromatic N) is 3. The minimum Gasteiger partial charge on any atom is -0.351 e. The Morgan fingerprint density at radius 3 is 2.52 bits per heavy atom.